The Kier molecular flexibility index (Phi) is 5.25. The number of anilines is 1. The van der Waals surface area contributed by atoms with E-state index < -0.39 is 17.7 Å². The molecule has 1 fully saturated rings. The summed E-state index contributed by atoms with van der Waals surface area (Å²) in [6.45, 7) is 0. The number of benzene rings is 2. The van der Waals surface area contributed by atoms with Crippen LogP contribution in [0.3, 0.4) is 0 Å². The molecule has 30 heavy (non-hydrogen) atoms. The summed E-state index contributed by atoms with van der Waals surface area (Å²) in [7, 11) is 1.53. The van der Waals surface area contributed by atoms with Gasteiger partial charge in [0, 0.05) is 16.8 Å². The number of nitrogens with zero attached hydrogens (tertiary/aromatic N) is 2. The summed E-state index contributed by atoms with van der Waals surface area (Å²) in [6.07, 6.45) is 1.53. The molecule has 0 spiro atoms. The van der Waals surface area contributed by atoms with Crippen LogP contribution in [-0.4, -0.2) is 28.9 Å². The second kappa shape index (κ2) is 8.00. The standard InChI is InChI=1S/C23H17ClN2O4/c1-30-17-10-8-14(9-11-17)21(27)19-20(15-5-4-6-16(24)13-15)26(23(29)22(19)28)18-7-2-3-12-25-18/h2-13,20,27H,1H3/t20-/m0/s1. The molecular weight excluding hydrogens is 404 g/mol. The van der Waals surface area contributed by atoms with Gasteiger partial charge in [0.15, 0.2) is 0 Å². The van der Waals surface area contributed by atoms with Gasteiger partial charge < -0.3 is 9.84 Å². The maximum Gasteiger partial charge on any atom is 0.301 e. The summed E-state index contributed by atoms with van der Waals surface area (Å²) in [5.41, 5.74) is 0.947. The van der Waals surface area contributed by atoms with Crippen LogP contribution >= 0.6 is 11.6 Å². The number of aliphatic hydroxyl groups excluding tert-OH is 1. The Bertz CT molecular complexity index is 1140. The molecule has 1 aliphatic heterocycles. The second-order valence-corrected chi connectivity index (χ2v) is 7.08. The fourth-order valence-corrected chi connectivity index (χ4v) is 3.66. The first-order valence-electron chi connectivity index (χ1n) is 9.13. The Morgan fingerprint density at radius 3 is 2.47 bits per heavy atom. The molecule has 0 radical (unpaired) electrons. The minimum atomic E-state index is -0.874. The minimum Gasteiger partial charge on any atom is -0.507 e. The molecule has 150 valence electrons. The van der Waals surface area contributed by atoms with Crippen molar-refractivity contribution in [2.24, 2.45) is 0 Å². The Hall–Kier alpha value is -3.64. The molecule has 1 N–H and O–H groups in total. The number of amides is 1. The first-order chi connectivity index (χ1) is 14.5. The van der Waals surface area contributed by atoms with Crippen LogP contribution in [0.1, 0.15) is 17.2 Å². The third-order valence-electron chi connectivity index (χ3n) is 4.87. The number of rotatable bonds is 4. The summed E-state index contributed by atoms with van der Waals surface area (Å²) < 4.78 is 5.14. The molecule has 1 aliphatic rings. The smallest absolute Gasteiger partial charge is 0.301 e. The highest BCUT2D eigenvalue weighted by Gasteiger charge is 2.47. The Morgan fingerprint density at radius 2 is 1.83 bits per heavy atom. The monoisotopic (exact) mass is 420 g/mol. The van der Waals surface area contributed by atoms with Gasteiger partial charge in [-0.15, -0.1) is 0 Å². The first-order valence-corrected chi connectivity index (χ1v) is 9.51. The number of halogens is 1. The van der Waals surface area contributed by atoms with Gasteiger partial charge in [0.25, 0.3) is 5.78 Å². The molecule has 7 heteroatoms. The molecule has 6 nitrogen and oxygen atoms in total. The number of aliphatic hydroxyl groups is 1. The summed E-state index contributed by atoms with van der Waals surface area (Å²) in [5.74, 6) is -0.933. The topological polar surface area (TPSA) is 79.7 Å². The summed E-state index contributed by atoms with van der Waals surface area (Å²) >= 11 is 6.17. The van der Waals surface area contributed by atoms with Crippen molar-refractivity contribution >= 4 is 34.9 Å². The number of carbonyl (C=O) groups excluding carboxylic acids is 2. The van der Waals surface area contributed by atoms with E-state index in [0.717, 1.165) is 0 Å². The zero-order valence-corrected chi connectivity index (χ0v) is 16.7. The zero-order valence-electron chi connectivity index (χ0n) is 15.9. The number of ether oxygens (including phenoxy) is 1. The maximum absolute atomic E-state index is 13.0. The fourth-order valence-electron chi connectivity index (χ4n) is 3.46. The van der Waals surface area contributed by atoms with Gasteiger partial charge in [-0.05, 0) is 54.1 Å². The van der Waals surface area contributed by atoms with Crippen LogP contribution in [0.5, 0.6) is 5.75 Å². The van der Waals surface area contributed by atoms with Crippen LogP contribution in [0.2, 0.25) is 5.02 Å². The van der Waals surface area contributed by atoms with Crippen LogP contribution in [0, 0.1) is 0 Å². The van der Waals surface area contributed by atoms with Crippen LogP contribution in [0.25, 0.3) is 5.76 Å². The molecule has 0 aliphatic carbocycles. The number of Topliss-reactive ketones (excluding diaryl/α,β-unsaturated/α-hetero) is 1. The fraction of sp³-hybridized carbons (Fsp3) is 0.0870. The zero-order chi connectivity index (χ0) is 21.3. The summed E-state index contributed by atoms with van der Waals surface area (Å²) in [5, 5.41) is 11.5. The number of carbonyl (C=O) groups is 2. The van der Waals surface area contributed by atoms with E-state index in [0.29, 0.717) is 27.7 Å². The van der Waals surface area contributed by atoms with Gasteiger partial charge in [0.2, 0.25) is 0 Å². The highest BCUT2D eigenvalue weighted by molar-refractivity contribution is 6.51. The van der Waals surface area contributed by atoms with Gasteiger partial charge in [0.1, 0.15) is 17.3 Å². The third kappa shape index (κ3) is 3.42. The number of pyridine rings is 1. The van der Waals surface area contributed by atoms with E-state index in [2.05, 4.69) is 4.98 Å². The lowest BCUT2D eigenvalue weighted by molar-refractivity contribution is -0.132. The van der Waals surface area contributed by atoms with Crippen LogP contribution < -0.4 is 9.64 Å². The minimum absolute atomic E-state index is 0.0295. The molecule has 0 saturated carbocycles. The summed E-state index contributed by atoms with van der Waals surface area (Å²) in [4.78, 5) is 31.5. The molecule has 3 aromatic rings. The normalized spacial score (nSPS) is 17.9. The average molecular weight is 421 g/mol. The largest absolute Gasteiger partial charge is 0.507 e. The molecule has 1 saturated heterocycles. The lowest BCUT2D eigenvalue weighted by Crippen LogP contribution is -2.30. The lowest BCUT2D eigenvalue weighted by atomic mass is 9.95. The SMILES string of the molecule is COc1ccc(C(O)=C2C(=O)C(=O)N(c3ccccn3)[C@H]2c2cccc(Cl)c2)cc1. The highest BCUT2D eigenvalue weighted by atomic mass is 35.5. The number of hydrogen-bond donors (Lipinski definition) is 1. The van der Waals surface area contributed by atoms with E-state index in [-0.39, 0.29) is 11.3 Å². The molecule has 1 amide bonds. The second-order valence-electron chi connectivity index (χ2n) is 6.64. The van der Waals surface area contributed by atoms with Crippen molar-refractivity contribution in [1.29, 1.82) is 0 Å². The third-order valence-corrected chi connectivity index (χ3v) is 5.10. The van der Waals surface area contributed by atoms with E-state index >= 15 is 0 Å². The van der Waals surface area contributed by atoms with Crippen molar-refractivity contribution < 1.29 is 19.4 Å². The van der Waals surface area contributed by atoms with Crippen LogP contribution in [0.4, 0.5) is 5.82 Å². The molecule has 2 aromatic carbocycles. The average Bonchev–Trinajstić information content (AvgIpc) is 3.04. The predicted octanol–water partition coefficient (Wildman–Crippen LogP) is 4.37. The van der Waals surface area contributed by atoms with E-state index in [1.54, 1.807) is 66.7 Å². The van der Waals surface area contributed by atoms with E-state index in [4.69, 9.17) is 16.3 Å². The van der Waals surface area contributed by atoms with E-state index in [1.807, 2.05) is 0 Å². The summed E-state index contributed by atoms with van der Waals surface area (Å²) in [6, 6.07) is 17.6. The van der Waals surface area contributed by atoms with Crippen molar-refractivity contribution in [2.45, 2.75) is 6.04 Å². The molecule has 1 aromatic heterocycles. The van der Waals surface area contributed by atoms with Gasteiger partial charge in [-0.1, -0.05) is 29.8 Å². The molecule has 4 rings (SSSR count). The number of ketones is 1. The van der Waals surface area contributed by atoms with Gasteiger partial charge >= 0.3 is 5.91 Å². The van der Waals surface area contributed by atoms with Gasteiger partial charge in [-0.3, -0.25) is 14.5 Å². The van der Waals surface area contributed by atoms with Crippen molar-refractivity contribution in [3.8, 4) is 5.75 Å². The van der Waals surface area contributed by atoms with Crippen LogP contribution in [-0.2, 0) is 9.59 Å². The Balaban J connectivity index is 1.93. The number of hydrogen-bond acceptors (Lipinski definition) is 5. The van der Waals surface area contributed by atoms with Crippen molar-refractivity contribution in [3.05, 3.63) is 94.6 Å². The maximum atomic E-state index is 13.0. The van der Waals surface area contributed by atoms with Crippen molar-refractivity contribution in [1.82, 2.24) is 4.98 Å². The molecule has 0 bridgehead atoms. The van der Waals surface area contributed by atoms with Crippen LogP contribution in [0.15, 0.2) is 78.5 Å². The van der Waals surface area contributed by atoms with E-state index in [9.17, 15) is 14.7 Å². The number of methoxy groups -OCH3 is 1. The van der Waals surface area contributed by atoms with Gasteiger partial charge in [0.05, 0.1) is 18.7 Å². The molecule has 0 unspecified atom stereocenters. The Labute approximate surface area is 178 Å². The van der Waals surface area contributed by atoms with Gasteiger partial charge in [-0.2, -0.15) is 0 Å². The highest BCUT2D eigenvalue weighted by Crippen LogP contribution is 2.42. The Morgan fingerprint density at radius 1 is 1.07 bits per heavy atom. The van der Waals surface area contributed by atoms with Crippen molar-refractivity contribution in [2.75, 3.05) is 12.0 Å². The number of aromatic nitrogens is 1. The van der Waals surface area contributed by atoms with E-state index in [1.165, 1.54) is 18.2 Å². The first kappa shape index (κ1) is 19.7. The molecular formula is C23H17ClN2O4. The molecule has 2 heterocycles. The molecule has 1 atom stereocenters. The van der Waals surface area contributed by atoms with Crippen molar-refractivity contribution in [3.63, 3.8) is 0 Å². The lowest BCUT2D eigenvalue weighted by Gasteiger charge is -2.24. The van der Waals surface area contributed by atoms with Gasteiger partial charge in [-0.25, -0.2) is 4.98 Å². The predicted molar refractivity (Wildman–Crippen MR) is 113 cm³/mol. The quantitative estimate of drug-likeness (QED) is 0.385.